The summed E-state index contributed by atoms with van der Waals surface area (Å²) in [7, 11) is -3.95. The van der Waals surface area contributed by atoms with Crippen molar-refractivity contribution in [3.8, 4) is 0 Å². The average Bonchev–Trinajstić information content (AvgIpc) is 2.25. The lowest BCUT2D eigenvalue weighted by molar-refractivity contribution is 0.174. The monoisotopic (exact) mass is 262 g/mol. The second kappa shape index (κ2) is 5.44. The first-order valence-corrected chi connectivity index (χ1v) is 6.58. The lowest BCUT2D eigenvalue weighted by Gasteiger charge is -2.11. The highest BCUT2D eigenvalue weighted by molar-refractivity contribution is 7.89. The molecule has 0 heterocycles. The molecular formula is C10H15FN2O3S. The van der Waals surface area contributed by atoms with Crippen LogP contribution in [0.2, 0.25) is 0 Å². The molecule has 1 unspecified atom stereocenters. The molecule has 0 aromatic heterocycles. The number of aliphatic hydroxyl groups excluding tert-OH is 1. The molecule has 0 radical (unpaired) electrons. The SMILES string of the molecule is CCC(O)CNS(=O)(=O)c1ccc(N)cc1F. The summed E-state index contributed by atoms with van der Waals surface area (Å²) in [4.78, 5) is -0.477. The van der Waals surface area contributed by atoms with E-state index in [1.165, 1.54) is 6.07 Å². The number of sulfonamides is 1. The zero-order chi connectivity index (χ0) is 13.1. The largest absolute Gasteiger partial charge is 0.399 e. The van der Waals surface area contributed by atoms with Gasteiger partial charge in [-0.1, -0.05) is 6.92 Å². The molecule has 0 fully saturated rings. The van der Waals surface area contributed by atoms with Gasteiger partial charge in [-0.15, -0.1) is 0 Å². The number of nitrogen functional groups attached to an aromatic ring is 1. The zero-order valence-corrected chi connectivity index (χ0v) is 10.2. The molecule has 1 rings (SSSR count). The van der Waals surface area contributed by atoms with Crippen LogP contribution in [-0.4, -0.2) is 26.2 Å². The van der Waals surface area contributed by atoms with Crippen LogP contribution in [-0.2, 0) is 10.0 Å². The van der Waals surface area contributed by atoms with Gasteiger partial charge in [-0.3, -0.25) is 0 Å². The first-order chi connectivity index (χ1) is 7.86. The van der Waals surface area contributed by atoms with Crippen LogP contribution in [0.1, 0.15) is 13.3 Å². The molecule has 0 saturated carbocycles. The third kappa shape index (κ3) is 3.65. The third-order valence-electron chi connectivity index (χ3n) is 2.23. The molecular weight excluding hydrogens is 247 g/mol. The van der Waals surface area contributed by atoms with Crippen molar-refractivity contribution in [1.29, 1.82) is 0 Å². The van der Waals surface area contributed by atoms with Crippen LogP contribution in [0.4, 0.5) is 10.1 Å². The number of hydrogen-bond acceptors (Lipinski definition) is 4. The summed E-state index contributed by atoms with van der Waals surface area (Å²) < 4.78 is 38.9. The Morgan fingerprint density at radius 1 is 1.53 bits per heavy atom. The number of hydrogen-bond donors (Lipinski definition) is 3. The van der Waals surface area contributed by atoms with E-state index in [1.807, 2.05) is 0 Å². The number of nitrogens with one attached hydrogen (secondary N) is 1. The second-order valence-electron chi connectivity index (χ2n) is 3.60. The van der Waals surface area contributed by atoms with E-state index < -0.39 is 26.8 Å². The lowest BCUT2D eigenvalue weighted by Crippen LogP contribution is -2.32. The number of halogens is 1. The Bertz CT molecular complexity index is 490. The number of rotatable bonds is 5. The van der Waals surface area contributed by atoms with Crippen molar-refractivity contribution in [1.82, 2.24) is 4.72 Å². The maximum absolute atomic E-state index is 13.4. The minimum absolute atomic E-state index is 0.148. The van der Waals surface area contributed by atoms with Gasteiger partial charge in [-0.05, 0) is 24.6 Å². The summed E-state index contributed by atoms with van der Waals surface area (Å²) in [5.41, 5.74) is 5.47. The summed E-state index contributed by atoms with van der Waals surface area (Å²) in [6, 6.07) is 3.32. The number of aliphatic hydroxyl groups is 1. The molecule has 1 atom stereocenters. The van der Waals surface area contributed by atoms with Crippen molar-refractivity contribution in [2.24, 2.45) is 0 Å². The quantitative estimate of drug-likeness (QED) is 0.672. The molecule has 17 heavy (non-hydrogen) atoms. The minimum atomic E-state index is -3.95. The second-order valence-corrected chi connectivity index (χ2v) is 5.34. The van der Waals surface area contributed by atoms with Gasteiger partial charge >= 0.3 is 0 Å². The van der Waals surface area contributed by atoms with Crippen molar-refractivity contribution < 1.29 is 17.9 Å². The zero-order valence-electron chi connectivity index (χ0n) is 9.35. The van der Waals surface area contributed by atoms with Crippen molar-refractivity contribution in [2.75, 3.05) is 12.3 Å². The van der Waals surface area contributed by atoms with Gasteiger partial charge in [0.25, 0.3) is 0 Å². The normalized spacial score (nSPS) is 13.6. The molecule has 96 valence electrons. The molecule has 4 N–H and O–H groups in total. The molecule has 1 aromatic rings. The Balaban J connectivity index is 2.90. The maximum atomic E-state index is 13.4. The Hall–Kier alpha value is -1.18. The first-order valence-electron chi connectivity index (χ1n) is 5.09. The van der Waals surface area contributed by atoms with Crippen LogP contribution >= 0.6 is 0 Å². The number of benzene rings is 1. The summed E-state index contributed by atoms with van der Waals surface area (Å²) in [6.45, 7) is 1.56. The fourth-order valence-electron chi connectivity index (χ4n) is 1.16. The molecule has 0 aliphatic heterocycles. The van der Waals surface area contributed by atoms with E-state index in [0.717, 1.165) is 12.1 Å². The molecule has 0 bridgehead atoms. The van der Waals surface area contributed by atoms with Crippen molar-refractivity contribution in [2.45, 2.75) is 24.3 Å². The Morgan fingerprint density at radius 3 is 2.71 bits per heavy atom. The van der Waals surface area contributed by atoms with Crippen LogP contribution < -0.4 is 10.5 Å². The summed E-state index contributed by atoms with van der Waals surface area (Å²) in [6.07, 6.45) is -0.381. The highest BCUT2D eigenvalue weighted by atomic mass is 32.2. The Kier molecular flexibility index (Phi) is 4.44. The van der Waals surface area contributed by atoms with Gasteiger partial charge in [0.15, 0.2) is 0 Å². The van der Waals surface area contributed by atoms with Gasteiger partial charge in [-0.25, -0.2) is 17.5 Å². The Morgan fingerprint density at radius 2 is 2.18 bits per heavy atom. The molecule has 0 spiro atoms. The van der Waals surface area contributed by atoms with Crippen LogP contribution in [0, 0.1) is 5.82 Å². The topological polar surface area (TPSA) is 92.4 Å². The molecule has 7 heteroatoms. The summed E-state index contributed by atoms with van der Waals surface area (Å²) in [5, 5.41) is 9.24. The van der Waals surface area contributed by atoms with Crippen molar-refractivity contribution in [3.05, 3.63) is 24.0 Å². The van der Waals surface area contributed by atoms with Crippen molar-refractivity contribution in [3.63, 3.8) is 0 Å². The van der Waals surface area contributed by atoms with Crippen molar-refractivity contribution >= 4 is 15.7 Å². The summed E-state index contributed by atoms with van der Waals surface area (Å²) in [5.74, 6) is -0.913. The van der Waals surface area contributed by atoms with Gasteiger partial charge in [0.2, 0.25) is 10.0 Å². The molecule has 0 aliphatic rings. The van der Waals surface area contributed by atoms with Gasteiger partial charge < -0.3 is 10.8 Å². The third-order valence-corrected chi connectivity index (χ3v) is 3.68. The van der Waals surface area contributed by atoms with E-state index in [2.05, 4.69) is 4.72 Å². The predicted octanol–water partition coefficient (Wildman–Crippen LogP) is 0.457. The van der Waals surface area contributed by atoms with E-state index >= 15 is 0 Å². The first kappa shape index (κ1) is 13.9. The van der Waals surface area contributed by atoms with E-state index in [4.69, 9.17) is 5.73 Å². The molecule has 5 nitrogen and oxygen atoms in total. The standard InChI is InChI=1S/C10H15FN2O3S/c1-2-8(14)6-13-17(15,16)10-4-3-7(12)5-9(10)11/h3-5,8,13-14H,2,6,12H2,1H3. The predicted molar refractivity (Wildman–Crippen MR) is 62.3 cm³/mol. The minimum Gasteiger partial charge on any atom is -0.399 e. The fraction of sp³-hybridized carbons (Fsp3) is 0.400. The molecule has 0 saturated heterocycles. The van der Waals surface area contributed by atoms with E-state index in [1.54, 1.807) is 6.92 Å². The van der Waals surface area contributed by atoms with Crippen LogP contribution in [0.25, 0.3) is 0 Å². The highest BCUT2D eigenvalue weighted by Gasteiger charge is 2.19. The van der Waals surface area contributed by atoms with Gasteiger partial charge in [0.05, 0.1) is 6.10 Å². The van der Waals surface area contributed by atoms with E-state index in [0.29, 0.717) is 6.42 Å². The lowest BCUT2D eigenvalue weighted by atomic mass is 10.3. The van der Waals surface area contributed by atoms with Gasteiger partial charge in [0, 0.05) is 12.2 Å². The van der Waals surface area contributed by atoms with Crippen LogP contribution in [0.5, 0.6) is 0 Å². The Labute approximate surface area is 99.5 Å². The molecule has 0 aliphatic carbocycles. The van der Waals surface area contributed by atoms with E-state index in [9.17, 15) is 17.9 Å². The fourth-order valence-corrected chi connectivity index (χ4v) is 2.29. The highest BCUT2D eigenvalue weighted by Crippen LogP contribution is 2.16. The van der Waals surface area contributed by atoms with E-state index in [-0.39, 0.29) is 12.2 Å². The smallest absolute Gasteiger partial charge is 0.243 e. The number of anilines is 1. The molecule has 0 amide bonds. The van der Waals surface area contributed by atoms with Gasteiger partial charge in [-0.2, -0.15) is 0 Å². The molecule has 1 aromatic carbocycles. The van der Waals surface area contributed by atoms with Crippen LogP contribution in [0.15, 0.2) is 23.1 Å². The van der Waals surface area contributed by atoms with Crippen LogP contribution in [0.3, 0.4) is 0 Å². The summed E-state index contributed by atoms with van der Waals surface area (Å²) >= 11 is 0. The maximum Gasteiger partial charge on any atom is 0.243 e. The average molecular weight is 262 g/mol. The number of nitrogens with two attached hydrogens (primary N) is 1. The van der Waals surface area contributed by atoms with Gasteiger partial charge in [0.1, 0.15) is 10.7 Å².